The van der Waals surface area contributed by atoms with Gasteiger partial charge in [-0.1, -0.05) is 0 Å². The third-order valence-corrected chi connectivity index (χ3v) is 4.65. The number of nitrogens with one attached hydrogen (secondary N) is 1. The van der Waals surface area contributed by atoms with E-state index in [0.29, 0.717) is 30.3 Å². The minimum absolute atomic E-state index is 0.149. The number of carbonyl (C=O) groups is 1. The van der Waals surface area contributed by atoms with Gasteiger partial charge in [-0.05, 0) is 25.0 Å². The minimum Gasteiger partial charge on any atom is -0.344 e. The molecule has 0 radical (unpaired) electrons. The van der Waals surface area contributed by atoms with E-state index in [9.17, 15) is 31.1 Å². The van der Waals surface area contributed by atoms with Crippen molar-refractivity contribution in [3.63, 3.8) is 0 Å². The van der Waals surface area contributed by atoms with Crippen molar-refractivity contribution in [3.8, 4) is 5.69 Å². The van der Waals surface area contributed by atoms with Crippen LogP contribution in [0.4, 0.5) is 26.3 Å². The van der Waals surface area contributed by atoms with Gasteiger partial charge in [-0.15, -0.1) is 0 Å². The van der Waals surface area contributed by atoms with E-state index in [-0.39, 0.29) is 11.4 Å². The van der Waals surface area contributed by atoms with Crippen LogP contribution in [-0.2, 0) is 18.8 Å². The molecule has 4 rings (SSSR count). The molecule has 3 aromatic heterocycles. The van der Waals surface area contributed by atoms with Gasteiger partial charge in [0.15, 0.2) is 5.69 Å². The Kier molecular flexibility index (Phi) is 4.90. The average molecular weight is 442 g/mol. The Labute approximate surface area is 170 Å². The molecule has 1 aliphatic rings. The fraction of sp³-hybridized carbons (Fsp3) is 0.278. The van der Waals surface area contributed by atoms with Gasteiger partial charge >= 0.3 is 12.4 Å². The van der Waals surface area contributed by atoms with E-state index in [1.807, 2.05) is 0 Å². The Morgan fingerprint density at radius 1 is 1.03 bits per heavy atom. The summed E-state index contributed by atoms with van der Waals surface area (Å²) in [6, 6.07) is 1.69. The number of carbonyl (C=O) groups excluding carboxylic acids is 1. The van der Waals surface area contributed by atoms with Crippen LogP contribution in [0.5, 0.6) is 0 Å². The SMILES string of the molecule is O=C(NC1CCc2nn(-c3ccnc(C(F)(F)F)c3)cc21)c1cnc(C(F)(F)F)cn1. The van der Waals surface area contributed by atoms with Crippen molar-refractivity contribution in [2.45, 2.75) is 31.2 Å². The maximum Gasteiger partial charge on any atom is 0.434 e. The van der Waals surface area contributed by atoms with Crippen LogP contribution in [0.2, 0.25) is 0 Å². The summed E-state index contributed by atoms with van der Waals surface area (Å²) < 4.78 is 77.6. The molecule has 0 fully saturated rings. The predicted octanol–water partition coefficient (Wildman–Crippen LogP) is 3.51. The molecule has 1 amide bonds. The molecule has 0 saturated carbocycles. The van der Waals surface area contributed by atoms with E-state index in [1.165, 1.54) is 16.9 Å². The molecular formula is C18H12F6N6O. The second kappa shape index (κ2) is 7.32. The average Bonchev–Trinajstić information content (AvgIpc) is 3.29. The van der Waals surface area contributed by atoms with E-state index in [1.54, 1.807) is 0 Å². The molecule has 0 spiro atoms. The standard InChI is InChI=1S/C18H12F6N6O/c19-17(20,21)14-5-9(3-4-25-14)30-8-10-11(1-2-12(10)29-30)28-16(31)13-6-27-15(7-26-13)18(22,23)24/h3-8,11H,1-2H2,(H,28,31). The Morgan fingerprint density at radius 2 is 1.77 bits per heavy atom. The van der Waals surface area contributed by atoms with Crippen LogP contribution >= 0.6 is 0 Å². The second-order valence-corrected chi connectivity index (χ2v) is 6.72. The molecule has 3 heterocycles. The molecule has 0 aliphatic heterocycles. The highest BCUT2D eigenvalue weighted by Crippen LogP contribution is 2.33. The van der Waals surface area contributed by atoms with Crippen molar-refractivity contribution < 1.29 is 31.1 Å². The van der Waals surface area contributed by atoms with Crippen molar-refractivity contribution in [1.29, 1.82) is 0 Å². The molecule has 0 aromatic carbocycles. The maximum absolute atomic E-state index is 12.9. The Balaban J connectivity index is 1.52. The third-order valence-electron chi connectivity index (χ3n) is 4.65. The van der Waals surface area contributed by atoms with Gasteiger partial charge in [-0.25, -0.2) is 14.6 Å². The number of halogens is 6. The first kappa shape index (κ1) is 20.8. The summed E-state index contributed by atoms with van der Waals surface area (Å²) >= 11 is 0. The molecule has 1 N–H and O–H groups in total. The van der Waals surface area contributed by atoms with Crippen LogP contribution in [0.1, 0.15) is 45.6 Å². The van der Waals surface area contributed by atoms with Gasteiger partial charge in [0, 0.05) is 18.0 Å². The van der Waals surface area contributed by atoms with Crippen molar-refractivity contribution in [3.05, 3.63) is 65.3 Å². The molecule has 162 valence electrons. The lowest BCUT2D eigenvalue weighted by atomic mass is 10.2. The lowest BCUT2D eigenvalue weighted by Gasteiger charge is -2.13. The molecule has 3 aromatic rings. The van der Waals surface area contributed by atoms with Gasteiger partial charge in [0.05, 0.1) is 29.8 Å². The highest BCUT2D eigenvalue weighted by atomic mass is 19.4. The lowest BCUT2D eigenvalue weighted by molar-refractivity contribution is -0.142. The maximum atomic E-state index is 12.9. The zero-order chi connectivity index (χ0) is 22.4. The fourth-order valence-corrected chi connectivity index (χ4v) is 3.17. The van der Waals surface area contributed by atoms with Gasteiger partial charge in [0.1, 0.15) is 11.4 Å². The summed E-state index contributed by atoms with van der Waals surface area (Å²) in [5.41, 5.74) is -1.24. The van der Waals surface area contributed by atoms with Gasteiger partial charge < -0.3 is 5.32 Å². The zero-order valence-corrected chi connectivity index (χ0v) is 15.4. The van der Waals surface area contributed by atoms with E-state index >= 15 is 0 Å². The normalized spacial score (nSPS) is 16.3. The number of pyridine rings is 1. The second-order valence-electron chi connectivity index (χ2n) is 6.72. The zero-order valence-electron chi connectivity index (χ0n) is 15.4. The van der Waals surface area contributed by atoms with Gasteiger partial charge in [-0.3, -0.25) is 9.78 Å². The van der Waals surface area contributed by atoms with Crippen LogP contribution in [-0.4, -0.2) is 30.6 Å². The van der Waals surface area contributed by atoms with Crippen molar-refractivity contribution in [2.24, 2.45) is 0 Å². The number of aromatic nitrogens is 5. The Morgan fingerprint density at radius 3 is 2.42 bits per heavy atom. The topological polar surface area (TPSA) is 85.6 Å². The first-order valence-corrected chi connectivity index (χ1v) is 8.84. The Hall–Kier alpha value is -3.51. The number of rotatable bonds is 3. The number of amides is 1. The highest BCUT2D eigenvalue weighted by molar-refractivity contribution is 5.92. The van der Waals surface area contributed by atoms with Crippen LogP contribution < -0.4 is 5.32 Å². The largest absolute Gasteiger partial charge is 0.434 e. The molecule has 1 aliphatic carbocycles. The summed E-state index contributed by atoms with van der Waals surface area (Å²) in [4.78, 5) is 22.3. The molecule has 7 nitrogen and oxygen atoms in total. The molecule has 0 saturated heterocycles. The minimum atomic E-state index is -4.67. The van der Waals surface area contributed by atoms with Crippen LogP contribution in [0, 0.1) is 0 Å². The van der Waals surface area contributed by atoms with Gasteiger partial charge in [0.2, 0.25) is 0 Å². The van der Waals surface area contributed by atoms with Crippen molar-refractivity contribution in [2.75, 3.05) is 0 Å². The van der Waals surface area contributed by atoms with E-state index in [4.69, 9.17) is 0 Å². The number of aryl methyl sites for hydroxylation is 1. The summed E-state index contributed by atoms with van der Waals surface area (Å²) in [5.74, 6) is -0.727. The van der Waals surface area contributed by atoms with E-state index in [2.05, 4.69) is 25.4 Å². The Bertz CT molecular complexity index is 1120. The molecule has 13 heteroatoms. The number of nitrogens with zero attached hydrogens (tertiary/aromatic N) is 5. The monoisotopic (exact) mass is 442 g/mol. The van der Waals surface area contributed by atoms with E-state index in [0.717, 1.165) is 18.5 Å². The molecule has 1 unspecified atom stereocenters. The first-order chi connectivity index (χ1) is 14.5. The molecule has 0 bridgehead atoms. The molecule has 31 heavy (non-hydrogen) atoms. The number of hydrogen-bond acceptors (Lipinski definition) is 5. The van der Waals surface area contributed by atoms with Crippen LogP contribution in [0.15, 0.2) is 36.9 Å². The quantitative estimate of drug-likeness (QED) is 0.628. The van der Waals surface area contributed by atoms with Crippen molar-refractivity contribution >= 4 is 5.91 Å². The van der Waals surface area contributed by atoms with Gasteiger partial charge in [0.25, 0.3) is 5.91 Å². The van der Waals surface area contributed by atoms with E-state index < -0.39 is 35.7 Å². The number of alkyl halides is 6. The predicted molar refractivity (Wildman–Crippen MR) is 91.9 cm³/mol. The first-order valence-electron chi connectivity index (χ1n) is 8.84. The smallest absolute Gasteiger partial charge is 0.344 e. The summed E-state index contributed by atoms with van der Waals surface area (Å²) in [5, 5.41) is 6.91. The molecule has 1 atom stereocenters. The summed E-state index contributed by atoms with van der Waals surface area (Å²) in [6.45, 7) is 0. The third kappa shape index (κ3) is 4.20. The lowest BCUT2D eigenvalue weighted by Crippen LogP contribution is -2.28. The summed E-state index contributed by atoms with van der Waals surface area (Å²) in [7, 11) is 0. The van der Waals surface area contributed by atoms with Gasteiger partial charge in [-0.2, -0.15) is 31.4 Å². The number of hydrogen-bond donors (Lipinski definition) is 1. The summed E-state index contributed by atoms with van der Waals surface area (Å²) in [6.07, 6.45) is -4.62. The molecular weight excluding hydrogens is 430 g/mol. The van der Waals surface area contributed by atoms with Crippen molar-refractivity contribution in [1.82, 2.24) is 30.0 Å². The highest BCUT2D eigenvalue weighted by Gasteiger charge is 2.34. The van der Waals surface area contributed by atoms with Crippen LogP contribution in [0.3, 0.4) is 0 Å². The fourth-order valence-electron chi connectivity index (χ4n) is 3.17. The van der Waals surface area contributed by atoms with Crippen LogP contribution in [0.25, 0.3) is 5.69 Å². The number of fused-ring (bicyclic) bond motifs is 1.